The number of benzene rings is 2. The van der Waals surface area contributed by atoms with Crippen LogP contribution in [0.5, 0.6) is 0 Å². The van der Waals surface area contributed by atoms with E-state index in [-0.39, 0.29) is 49.1 Å². The van der Waals surface area contributed by atoms with Crippen LogP contribution < -0.4 is 11.1 Å². The second kappa shape index (κ2) is 9.47. The quantitative estimate of drug-likeness (QED) is 0.725. The number of amides is 1. The van der Waals surface area contributed by atoms with Crippen molar-refractivity contribution in [2.75, 3.05) is 18.4 Å². The molecule has 0 unspecified atom stereocenters. The Balaban J connectivity index is 0.00000320. The first-order chi connectivity index (χ1) is 13.6. The van der Waals surface area contributed by atoms with E-state index in [1.807, 2.05) is 31.2 Å². The fourth-order valence-corrected chi connectivity index (χ4v) is 4.86. The summed E-state index contributed by atoms with van der Waals surface area (Å²) in [6, 6.07) is 14.5. The number of nitrogens with one attached hydrogen (secondary N) is 1. The molecule has 1 saturated heterocycles. The molecule has 0 saturated carbocycles. The average molecular weight is 452 g/mol. The molecule has 0 spiro atoms. The number of carbonyl (C=O) groups is 1. The van der Waals surface area contributed by atoms with Crippen molar-refractivity contribution in [1.29, 1.82) is 0 Å². The lowest BCUT2D eigenvalue weighted by Crippen LogP contribution is -2.58. The number of rotatable bonds is 5. The first-order valence-electron chi connectivity index (χ1n) is 9.89. The maximum Gasteiger partial charge on any atom is 0.244 e. The second-order valence-corrected chi connectivity index (χ2v) is 10.0. The molecular weight excluding hydrogens is 422 g/mol. The molecule has 1 heterocycles. The number of hydrogen-bond acceptors (Lipinski definition) is 4. The summed E-state index contributed by atoms with van der Waals surface area (Å²) in [6.45, 7) is 6.57. The minimum atomic E-state index is -3.58. The Morgan fingerprint density at radius 1 is 1.03 bits per heavy atom. The zero-order chi connectivity index (χ0) is 21.2. The summed E-state index contributed by atoms with van der Waals surface area (Å²) in [7, 11) is -3.58. The van der Waals surface area contributed by atoms with Gasteiger partial charge in [-0.2, -0.15) is 4.31 Å². The first-order valence-corrected chi connectivity index (χ1v) is 11.3. The minimum absolute atomic E-state index is 0. The smallest absolute Gasteiger partial charge is 0.244 e. The van der Waals surface area contributed by atoms with Crippen LogP contribution in [0.4, 0.5) is 5.69 Å². The average Bonchev–Trinajstić information content (AvgIpc) is 2.69. The Morgan fingerprint density at radius 2 is 1.57 bits per heavy atom. The van der Waals surface area contributed by atoms with Crippen LogP contribution in [0.3, 0.4) is 0 Å². The molecule has 1 fully saturated rings. The summed E-state index contributed by atoms with van der Waals surface area (Å²) < 4.78 is 27.1. The predicted octanol–water partition coefficient (Wildman–Crippen LogP) is 3.66. The van der Waals surface area contributed by atoms with E-state index < -0.39 is 15.6 Å². The van der Waals surface area contributed by atoms with Crippen LogP contribution in [0.2, 0.25) is 0 Å². The molecule has 0 bridgehead atoms. The van der Waals surface area contributed by atoms with Gasteiger partial charge < -0.3 is 11.1 Å². The minimum Gasteiger partial charge on any atom is -0.324 e. The highest BCUT2D eigenvalue weighted by atomic mass is 35.5. The van der Waals surface area contributed by atoms with Crippen LogP contribution in [0.15, 0.2) is 53.4 Å². The lowest BCUT2D eigenvalue weighted by molar-refractivity contribution is -0.122. The Morgan fingerprint density at radius 3 is 2.07 bits per heavy atom. The molecule has 0 aromatic heterocycles. The van der Waals surface area contributed by atoms with Gasteiger partial charge in [-0.3, -0.25) is 4.79 Å². The van der Waals surface area contributed by atoms with Gasteiger partial charge >= 0.3 is 0 Å². The van der Waals surface area contributed by atoms with E-state index >= 15 is 0 Å². The van der Waals surface area contributed by atoms with Gasteiger partial charge in [-0.1, -0.05) is 43.7 Å². The van der Waals surface area contributed by atoms with Crippen molar-refractivity contribution in [1.82, 2.24) is 4.31 Å². The van der Waals surface area contributed by atoms with Crippen molar-refractivity contribution in [3.63, 3.8) is 0 Å². The molecule has 3 N–H and O–H groups in total. The first kappa shape index (κ1) is 24.3. The number of piperidine rings is 1. The van der Waals surface area contributed by atoms with Crippen LogP contribution in [0.1, 0.15) is 43.7 Å². The third-order valence-electron chi connectivity index (χ3n) is 5.56. The summed E-state index contributed by atoms with van der Waals surface area (Å²) in [6.07, 6.45) is 0.544. The maximum atomic E-state index is 12.8. The van der Waals surface area contributed by atoms with E-state index in [1.54, 1.807) is 24.3 Å². The topological polar surface area (TPSA) is 92.5 Å². The van der Waals surface area contributed by atoms with Crippen LogP contribution in [-0.2, 0) is 14.8 Å². The summed E-state index contributed by atoms with van der Waals surface area (Å²) in [4.78, 5) is 13.0. The highest BCUT2D eigenvalue weighted by molar-refractivity contribution is 7.89. The van der Waals surface area contributed by atoms with Crippen molar-refractivity contribution in [3.8, 4) is 0 Å². The molecule has 8 heteroatoms. The molecule has 0 radical (unpaired) electrons. The van der Waals surface area contributed by atoms with E-state index in [1.165, 1.54) is 9.87 Å². The molecule has 164 valence electrons. The fraction of sp³-hybridized carbons (Fsp3) is 0.409. The Hall–Kier alpha value is -1.93. The number of nitrogens with two attached hydrogens (primary N) is 1. The standard InChI is InChI=1S/C22H29N3O3S.ClH/c1-16(2)18-6-8-19(9-7-18)24-21(26)22(23)12-14-25(15-13-22)29(27,28)20-10-4-17(3)5-11-20;/h4-11,16H,12-15,23H2,1-3H3,(H,24,26);1H. The van der Waals surface area contributed by atoms with Gasteiger partial charge in [0.15, 0.2) is 0 Å². The number of anilines is 1. The SMILES string of the molecule is Cc1ccc(S(=O)(=O)N2CCC(N)(C(=O)Nc3ccc(C(C)C)cc3)CC2)cc1.Cl. The lowest BCUT2D eigenvalue weighted by Gasteiger charge is -2.37. The van der Waals surface area contributed by atoms with E-state index in [2.05, 4.69) is 19.2 Å². The predicted molar refractivity (Wildman–Crippen MR) is 122 cm³/mol. The van der Waals surface area contributed by atoms with Gasteiger partial charge in [0.25, 0.3) is 0 Å². The number of hydrogen-bond donors (Lipinski definition) is 2. The van der Waals surface area contributed by atoms with Crippen LogP contribution in [0, 0.1) is 6.92 Å². The number of carbonyl (C=O) groups excluding carboxylic acids is 1. The maximum absolute atomic E-state index is 12.8. The second-order valence-electron chi connectivity index (χ2n) is 8.10. The zero-order valence-corrected chi connectivity index (χ0v) is 19.2. The van der Waals surface area contributed by atoms with Crippen molar-refractivity contribution in [2.45, 2.75) is 50.0 Å². The summed E-state index contributed by atoms with van der Waals surface area (Å²) >= 11 is 0. The highest BCUT2D eigenvalue weighted by Crippen LogP contribution is 2.27. The highest BCUT2D eigenvalue weighted by Gasteiger charge is 2.41. The number of nitrogens with zero attached hydrogens (tertiary/aromatic N) is 1. The van der Waals surface area contributed by atoms with E-state index in [4.69, 9.17) is 5.73 Å². The molecular formula is C22H30ClN3O3S. The molecule has 30 heavy (non-hydrogen) atoms. The number of halogens is 1. The van der Waals surface area contributed by atoms with E-state index in [0.717, 1.165) is 5.56 Å². The van der Waals surface area contributed by atoms with Crippen LogP contribution in [-0.4, -0.2) is 37.3 Å². The molecule has 1 aliphatic rings. The van der Waals surface area contributed by atoms with Gasteiger partial charge in [0, 0.05) is 18.8 Å². The van der Waals surface area contributed by atoms with Crippen molar-refractivity contribution in [2.24, 2.45) is 5.73 Å². The van der Waals surface area contributed by atoms with Crippen molar-refractivity contribution < 1.29 is 13.2 Å². The molecule has 2 aromatic rings. The van der Waals surface area contributed by atoms with Gasteiger partial charge in [-0.05, 0) is 55.5 Å². The molecule has 3 rings (SSSR count). The monoisotopic (exact) mass is 451 g/mol. The molecule has 2 aromatic carbocycles. The molecule has 1 aliphatic heterocycles. The Labute approximate surface area is 185 Å². The van der Waals surface area contributed by atoms with E-state index in [9.17, 15) is 13.2 Å². The van der Waals surface area contributed by atoms with Gasteiger partial charge in [0.2, 0.25) is 15.9 Å². The largest absolute Gasteiger partial charge is 0.324 e. The lowest BCUT2D eigenvalue weighted by atomic mass is 9.88. The van der Waals surface area contributed by atoms with Gasteiger partial charge in [0.1, 0.15) is 0 Å². The van der Waals surface area contributed by atoms with Gasteiger partial charge in [0.05, 0.1) is 10.4 Å². The van der Waals surface area contributed by atoms with Gasteiger partial charge in [-0.25, -0.2) is 8.42 Å². The van der Waals surface area contributed by atoms with Crippen molar-refractivity contribution >= 4 is 34.0 Å². The molecule has 0 aliphatic carbocycles. The molecule has 6 nitrogen and oxygen atoms in total. The number of sulfonamides is 1. The van der Waals surface area contributed by atoms with Gasteiger partial charge in [-0.15, -0.1) is 12.4 Å². The Kier molecular flexibility index (Phi) is 7.69. The van der Waals surface area contributed by atoms with E-state index in [0.29, 0.717) is 11.6 Å². The third kappa shape index (κ3) is 5.21. The number of aryl methyl sites for hydroxylation is 1. The Bertz CT molecular complexity index is 966. The third-order valence-corrected chi connectivity index (χ3v) is 7.47. The summed E-state index contributed by atoms with van der Waals surface area (Å²) in [5.74, 6) is 0.141. The van der Waals surface area contributed by atoms with Crippen LogP contribution >= 0.6 is 12.4 Å². The molecule has 0 atom stereocenters. The van der Waals surface area contributed by atoms with Crippen molar-refractivity contribution in [3.05, 3.63) is 59.7 Å². The fourth-order valence-electron chi connectivity index (χ4n) is 3.42. The molecule has 1 amide bonds. The normalized spacial score (nSPS) is 16.7. The summed E-state index contributed by atoms with van der Waals surface area (Å²) in [5.41, 5.74) is 8.16. The van der Waals surface area contributed by atoms with Crippen LogP contribution in [0.25, 0.3) is 0 Å². The summed E-state index contributed by atoms with van der Waals surface area (Å²) in [5, 5.41) is 2.88. The zero-order valence-electron chi connectivity index (χ0n) is 17.6.